The van der Waals surface area contributed by atoms with Crippen LogP contribution in [0.15, 0.2) is 18.3 Å². The third-order valence-corrected chi connectivity index (χ3v) is 3.68. The van der Waals surface area contributed by atoms with Gasteiger partial charge < -0.3 is 0 Å². The SMILES string of the molecule is CC(C)S(=O)(=O)Nc1cccnc1Cl. The fraction of sp³-hybridized carbons (Fsp3) is 0.375. The van der Waals surface area contributed by atoms with Crippen molar-refractivity contribution >= 4 is 27.3 Å². The number of hydrogen-bond donors (Lipinski definition) is 1. The summed E-state index contributed by atoms with van der Waals surface area (Å²) < 4.78 is 25.3. The van der Waals surface area contributed by atoms with Gasteiger partial charge in [0, 0.05) is 6.20 Å². The summed E-state index contributed by atoms with van der Waals surface area (Å²) in [5.74, 6) is 0. The third-order valence-electron chi connectivity index (χ3n) is 1.63. The summed E-state index contributed by atoms with van der Waals surface area (Å²) in [6.07, 6.45) is 1.50. The van der Waals surface area contributed by atoms with Gasteiger partial charge in [-0.3, -0.25) is 4.72 Å². The van der Waals surface area contributed by atoms with E-state index in [4.69, 9.17) is 11.6 Å². The van der Waals surface area contributed by atoms with Crippen molar-refractivity contribution in [2.45, 2.75) is 19.1 Å². The van der Waals surface area contributed by atoms with E-state index in [1.807, 2.05) is 0 Å². The minimum Gasteiger partial charge on any atom is -0.280 e. The number of pyridine rings is 1. The molecule has 1 rings (SSSR count). The maximum atomic E-state index is 11.5. The van der Waals surface area contributed by atoms with Crippen LogP contribution in [0.25, 0.3) is 0 Å². The highest BCUT2D eigenvalue weighted by Gasteiger charge is 2.16. The van der Waals surface area contributed by atoms with Crippen LogP contribution in [0, 0.1) is 0 Å². The first-order chi connectivity index (χ1) is 6.43. The summed E-state index contributed by atoms with van der Waals surface area (Å²) in [6, 6.07) is 3.18. The standard InChI is InChI=1S/C8H11ClN2O2S/c1-6(2)14(12,13)11-7-4-3-5-10-8(7)9/h3-6,11H,1-2H3. The van der Waals surface area contributed by atoms with E-state index in [9.17, 15) is 8.42 Å². The average molecular weight is 235 g/mol. The molecule has 4 nitrogen and oxygen atoms in total. The van der Waals surface area contributed by atoms with Gasteiger partial charge >= 0.3 is 0 Å². The Kier molecular flexibility index (Phi) is 3.34. The van der Waals surface area contributed by atoms with Gasteiger partial charge in [0.15, 0.2) is 5.15 Å². The minimum atomic E-state index is -3.35. The Balaban J connectivity index is 2.96. The van der Waals surface area contributed by atoms with E-state index in [0.29, 0.717) is 5.69 Å². The molecule has 78 valence electrons. The van der Waals surface area contributed by atoms with E-state index in [1.54, 1.807) is 26.0 Å². The molecule has 0 radical (unpaired) electrons. The molecule has 0 aliphatic rings. The molecule has 0 unspecified atom stereocenters. The van der Waals surface area contributed by atoms with Crippen molar-refractivity contribution in [3.8, 4) is 0 Å². The summed E-state index contributed by atoms with van der Waals surface area (Å²) in [5.41, 5.74) is 0.308. The fourth-order valence-corrected chi connectivity index (χ4v) is 1.66. The molecule has 0 amide bonds. The molecule has 0 saturated carbocycles. The maximum absolute atomic E-state index is 11.5. The number of rotatable bonds is 3. The Morgan fingerprint density at radius 1 is 1.50 bits per heavy atom. The Bertz CT molecular complexity index is 417. The number of nitrogens with one attached hydrogen (secondary N) is 1. The van der Waals surface area contributed by atoms with Crippen molar-refractivity contribution in [3.63, 3.8) is 0 Å². The molecule has 1 aromatic rings. The zero-order chi connectivity index (χ0) is 10.8. The number of nitrogens with zero attached hydrogens (tertiary/aromatic N) is 1. The van der Waals surface area contributed by atoms with E-state index in [0.717, 1.165) is 0 Å². The number of anilines is 1. The van der Waals surface area contributed by atoms with E-state index in [-0.39, 0.29) is 5.15 Å². The minimum absolute atomic E-state index is 0.150. The first-order valence-electron chi connectivity index (χ1n) is 4.05. The topological polar surface area (TPSA) is 59.1 Å². The number of halogens is 1. The molecule has 0 fully saturated rings. The zero-order valence-corrected chi connectivity index (χ0v) is 9.43. The molecule has 0 bridgehead atoms. The molecule has 0 atom stereocenters. The quantitative estimate of drug-likeness (QED) is 0.813. The van der Waals surface area contributed by atoms with Crippen LogP contribution < -0.4 is 4.72 Å². The lowest BCUT2D eigenvalue weighted by Crippen LogP contribution is -2.22. The second-order valence-electron chi connectivity index (χ2n) is 3.04. The Hall–Kier alpha value is -0.810. The van der Waals surface area contributed by atoms with Gasteiger partial charge in [-0.05, 0) is 26.0 Å². The van der Waals surface area contributed by atoms with Gasteiger partial charge in [-0.2, -0.15) is 0 Å². The molecular formula is C8H11ClN2O2S. The Morgan fingerprint density at radius 3 is 2.64 bits per heavy atom. The third kappa shape index (κ3) is 2.59. The van der Waals surface area contributed by atoms with Gasteiger partial charge in [-0.25, -0.2) is 13.4 Å². The van der Waals surface area contributed by atoms with Crippen LogP contribution in [0.1, 0.15) is 13.8 Å². The molecule has 0 aliphatic carbocycles. The summed E-state index contributed by atoms with van der Waals surface area (Å²) in [5, 5.41) is -0.351. The second-order valence-corrected chi connectivity index (χ2v) is 5.63. The van der Waals surface area contributed by atoms with E-state index in [1.165, 1.54) is 6.20 Å². The summed E-state index contributed by atoms with van der Waals surface area (Å²) >= 11 is 5.70. The molecule has 0 spiro atoms. The van der Waals surface area contributed by atoms with Crippen LogP contribution in [0.4, 0.5) is 5.69 Å². The number of sulfonamides is 1. The fourth-order valence-electron chi connectivity index (χ4n) is 0.733. The monoisotopic (exact) mass is 234 g/mol. The van der Waals surface area contributed by atoms with Gasteiger partial charge in [0.05, 0.1) is 10.9 Å². The van der Waals surface area contributed by atoms with Crippen LogP contribution in [0.2, 0.25) is 5.15 Å². The second kappa shape index (κ2) is 4.14. The Labute approximate surface area is 88.4 Å². The van der Waals surface area contributed by atoms with E-state index in [2.05, 4.69) is 9.71 Å². The highest BCUT2D eigenvalue weighted by Crippen LogP contribution is 2.19. The molecule has 1 N–H and O–H groups in total. The van der Waals surface area contributed by atoms with Crippen molar-refractivity contribution < 1.29 is 8.42 Å². The van der Waals surface area contributed by atoms with Crippen molar-refractivity contribution in [1.82, 2.24) is 4.98 Å². The van der Waals surface area contributed by atoms with E-state index >= 15 is 0 Å². The number of hydrogen-bond acceptors (Lipinski definition) is 3. The molecule has 1 aromatic heterocycles. The normalized spacial score (nSPS) is 11.7. The predicted octanol–water partition coefficient (Wildman–Crippen LogP) is 1.89. The smallest absolute Gasteiger partial charge is 0.235 e. The van der Waals surface area contributed by atoms with Crippen molar-refractivity contribution in [2.24, 2.45) is 0 Å². The van der Waals surface area contributed by atoms with Crippen LogP contribution >= 0.6 is 11.6 Å². The molecule has 1 heterocycles. The lowest BCUT2D eigenvalue weighted by Gasteiger charge is -2.10. The first-order valence-corrected chi connectivity index (χ1v) is 5.98. The molecular weight excluding hydrogens is 224 g/mol. The molecule has 0 aliphatic heterocycles. The van der Waals surface area contributed by atoms with Gasteiger partial charge in [0.1, 0.15) is 0 Å². The predicted molar refractivity (Wildman–Crippen MR) is 56.9 cm³/mol. The van der Waals surface area contributed by atoms with E-state index < -0.39 is 15.3 Å². The van der Waals surface area contributed by atoms with Gasteiger partial charge in [-0.15, -0.1) is 0 Å². The van der Waals surface area contributed by atoms with Crippen molar-refractivity contribution in [1.29, 1.82) is 0 Å². The zero-order valence-electron chi connectivity index (χ0n) is 7.86. The molecule has 6 heteroatoms. The average Bonchev–Trinajstić information content (AvgIpc) is 2.08. The lowest BCUT2D eigenvalue weighted by molar-refractivity contribution is 0.593. The highest BCUT2D eigenvalue weighted by molar-refractivity contribution is 7.93. The largest absolute Gasteiger partial charge is 0.280 e. The van der Waals surface area contributed by atoms with Crippen molar-refractivity contribution in [3.05, 3.63) is 23.5 Å². The maximum Gasteiger partial charge on any atom is 0.235 e. The van der Waals surface area contributed by atoms with Gasteiger partial charge in [-0.1, -0.05) is 11.6 Å². The van der Waals surface area contributed by atoms with Crippen molar-refractivity contribution in [2.75, 3.05) is 4.72 Å². The lowest BCUT2D eigenvalue weighted by atomic mass is 10.4. The summed E-state index contributed by atoms with van der Waals surface area (Å²) in [4.78, 5) is 3.76. The molecule has 0 aromatic carbocycles. The highest BCUT2D eigenvalue weighted by atomic mass is 35.5. The van der Waals surface area contributed by atoms with Gasteiger partial charge in [0.25, 0.3) is 0 Å². The van der Waals surface area contributed by atoms with Crippen LogP contribution in [-0.2, 0) is 10.0 Å². The summed E-state index contributed by atoms with van der Waals surface area (Å²) in [7, 11) is -3.35. The number of aromatic nitrogens is 1. The summed E-state index contributed by atoms with van der Waals surface area (Å²) in [6.45, 7) is 3.18. The van der Waals surface area contributed by atoms with Crippen LogP contribution in [-0.4, -0.2) is 18.7 Å². The van der Waals surface area contributed by atoms with Crippen LogP contribution in [0.3, 0.4) is 0 Å². The Morgan fingerprint density at radius 2 is 2.14 bits per heavy atom. The molecule has 14 heavy (non-hydrogen) atoms. The van der Waals surface area contributed by atoms with Gasteiger partial charge in [0.2, 0.25) is 10.0 Å². The first kappa shape index (κ1) is 11.3. The van der Waals surface area contributed by atoms with Crippen LogP contribution in [0.5, 0.6) is 0 Å². The molecule has 0 saturated heterocycles.